The Kier molecular flexibility index (Phi) is 6.51. The maximum absolute atomic E-state index is 6.41. The molecule has 0 N–H and O–H groups in total. The van der Waals surface area contributed by atoms with E-state index in [0.29, 0.717) is 5.02 Å². The number of hydrogen-bond donors (Lipinski definition) is 0. The Morgan fingerprint density at radius 2 is 1.41 bits per heavy atom. The standard InChI is InChI=1S/C24H23Cl2N3/c1-14-11-16(3)24(21(26)12-14)28-18(5)23-8-6-7-22(29-23)17(4)27-19-9-10-20(25)15(2)13-19/h6-13H,1-5H3/b27-17+,28-18+. The molecule has 0 atom stereocenters. The molecule has 29 heavy (non-hydrogen) atoms. The van der Waals surface area contributed by atoms with Gasteiger partial charge >= 0.3 is 0 Å². The van der Waals surface area contributed by atoms with E-state index in [9.17, 15) is 0 Å². The van der Waals surface area contributed by atoms with Crippen LogP contribution < -0.4 is 0 Å². The largest absolute Gasteiger partial charge is 0.252 e. The Bertz CT molecular complexity index is 1110. The van der Waals surface area contributed by atoms with Crippen molar-refractivity contribution in [1.82, 2.24) is 4.98 Å². The van der Waals surface area contributed by atoms with E-state index >= 15 is 0 Å². The van der Waals surface area contributed by atoms with Crippen molar-refractivity contribution in [2.24, 2.45) is 9.98 Å². The van der Waals surface area contributed by atoms with Crippen molar-refractivity contribution in [2.45, 2.75) is 34.6 Å². The molecule has 0 saturated carbocycles. The molecule has 148 valence electrons. The minimum atomic E-state index is 0.647. The minimum absolute atomic E-state index is 0.647. The second-order valence-electron chi connectivity index (χ2n) is 7.15. The number of aromatic nitrogens is 1. The molecule has 5 heteroatoms. The molecule has 3 rings (SSSR count). The Balaban J connectivity index is 1.94. The lowest BCUT2D eigenvalue weighted by atomic mass is 10.1. The lowest BCUT2D eigenvalue weighted by molar-refractivity contribution is 1.23. The van der Waals surface area contributed by atoms with Crippen LogP contribution in [0.3, 0.4) is 0 Å². The Morgan fingerprint density at radius 3 is 2.03 bits per heavy atom. The Labute approximate surface area is 182 Å². The summed E-state index contributed by atoms with van der Waals surface area (Å²) >= 11 is 12.5. The van der Waals surface area contributed by atoms with E-state index in [-0.39, 0.29) is 0 Å². The number of halogens is 2. The van der Waals surface area contributed by atoms with Gasteiger partial charge in [0.2, 0.25) is 0 Å². The van der Waals surface area contributed by atoms with Crippen LogP contribution in [0.15, 0.2) is 58.5 Å². The molecule has 0 unspecified atom stereocenters. The van der Waals surface area contributed by atoms with Crippen LogP contribution >= 0.6 is 23.2 Å². The molecule has 0 radical (unpaired) electrons. The van der Waals surface area contributed by atoms with Crippen molar-refractivity contribution < 1.29 is 0 Å². The summed E-state index contributed by atoms with van der Waals surface area (Å²) in [5, 5.41) is 1.38. The van der Waals surface area contributed by atoms with Crippen molar-refractivity contribution in [2.75, 3.05) is 0 Å². The SMILES string of the molecule is C/C(=N\c1ccc(Cl)c(C)c1)c1cccc(/C(C)=N/c2c(C)cc(C)cc2Cl)n1. The highest BCUT2D eigenvalue weighted by Crippen LogP contribution is 2.30. The fourth-order valence-corrected chi connectivity index (χ4v) is 3.54. The van der Waals surface area contributed by atoms with Gasteiger partial charge in [-0.3, -0.25) is 4.99 Å². The average molecular weight is 424 g/mol. The van der Waals surface area contributed by atoms with Gasteiger partial charge in [-0.25, -0.2) is 9.98 Å². The maximum atomic E-state index is 6.41. The van der Waals surface area contributed by atoms with Crippen LogP contribution in [-0.4, -0.2) is 16.4 Å². The third kappa shape index (κ3) is 5.11. The topological polar surface area (TPSA) is 37.6 Å². The van der Waals surface area contributed by atoms with Gasteiger partial charge in [0.05, 0.1) is 39.2 Å². The zero-order valence-corrected chi connectivity index (χ0v) is 18.7. The Morgan fingerprint density at radius 1 is 0.759 bits per heavy atom. The summed E-state index contributed by atoms with van der Waals surface area (Å²) in [6, 6.07) is 15.6. The van der Waals surface area contributed by atoms with E-state index < -0.39 is 0 Å². The summed E-state index contributed by atoms with van der Waals surface area (Å²) in [7, 11) is 0. The first-order valence-electron chi connectivity index (χ1n) is 9.36. The normalized spacial score (nSPS) is 12.4. The van der Waals surface area contributed by atoms with Crippen LogP contribution in [-0.2, 0) is 0 Å². The van der Waals surface area contributed by atoms with E-state index in [4.69, 9.17) is 33.2 Å². The predicted molar refractivity (Wildman–Crippen MR) is 125 cm³/mol. The van der Waals surface area contributed by atoms with Crippen molar-refractivity contribution in [1.29, 1.82) is 0 Å². The number of hydrogen-bond acceptors (Lipinski definition) is 3. The van der Waals surface area contributed by atoms with Gasteiger partial charge in [-0.05, 0) is 87.7 Å². The molecule has 0 aliphatic heterocycles. The van der Waals surface area contributed by atoms with Gasteiger partial charge in [-0.2, -0.15) is 0 Å². The molecule has 0 bridgehead atoms. The number of rotatable bonds is 4. The molecule has 3 nitrogen and oxygen atoms in total. The summed E-state index contributed by atoms with van der Waals surface area (Å²) in [5.41, 5.74) is 8.01. The molecule has 0 aliphatic carbocycles. The third-order valence-corrected chi connectivity index (χ3v) is 5.32. The third-order valence-electron chi connectivity index (χ3n) is 4.61. The monoisotopic (exact) mass is 423 g/mol. The van der Waals surface area contributed by atoms with Crippen LogP contribution in [0.2, 0.25) is 10.0 Å². The van der Waals surface area contributed by atoms with Crippen molar-refractivity contribution in [3.63, 3.8) is 0 Å². The summed E-state index contributed by atoms with van der Waals surface area (Å²) < 4.78 is 0. The van der Waals surface area contributed by atoms with Crippen LogP contribution in [0.25, 0.3) is 0 Å². The number of aryl methyl sites for hydroxylation is 3. The number of aliphatic imine (C=N–C) groups is 2. The first-order valence-corrected chi connectivity index (χ1v) is 10.1. The molecular formula is C24H23Cl2N3. The molecule has 0 fully saturated rings. The summed E-state index contributed by atoms with van der Waals surface area (Å²) in [6.07, 6.45) is 0. The van der Waals surface area contributed by atoms with Gasteiger partial charge in [-0.1, -0.05) is 35.3 Å². The lowest BCUT2D eigenvalue weighted by Crippen LogP contribution is -2.05. The number of benzene rings is 2. The first kappa shape index (κ1) is 21.2. The second-order valence-corrected chi connectivity index (χ2v) is 7.96. The second kappa shape index (κ2) is 8.89. The smallest absolute Gasteiger partial charge is 0.0849 e. The zero-order chi connectivity index (χ0) is 21.1. The molecule has 1 aromatic heterocycles. The zero-order valence-electron chi connectivity index (χ0n) is 17.2. The van der Waals surface area contributed by atoms with E-state index in [2.05, 4.69) is 11.1 Å². The fourth-order valence-electron chi connectivity index (χ4n) is 3.06. The molecule has 1 heterocycles. The minimum Gasteiger partial charge on any atom is -0.252 e. The van der Waals surface area contributed by atoms with Crippen molar-refractivity contribution in [3.05, 3.63) is 86.7 Å². The van der Waals surface area contributed by atoms with Gasteiger partial charge in [0.25, 0.3) is 0 Å². The Hall–Kier alpha value is -2.49. The number of nitrogens with zero attached hydrogens (tertiary/aromatic N) is 3. The van der Waals surface area contributed by atoms with Gasteiger partial charge in [0.15, 0.2) is 0 Å². The summed E-state index contributed by atoms with van der Waals surface area (Å²) in [5.74, 6) is 0. The molecule has 0 amide bonds. The van der Waals surface area contributed by atoms with E-state index in [0.717, 1.165) is 55.9 Å². The van der Waals surface area contributed by atoms with Gasteiger partial charge in [0, 0.05) is 5.02 Å². The molecule has 0 saturated heterocycles. The van der Waals surface area contributed by atoms with E-state index in [1.165, 1.54) is 0 Å². The quantitative estimate of drug-likeness (QED) is 0.398. The van der Waals surface area contributed by atoms with Crippen LogP contribution in [0.1, 0.15) is 41.9 Å². The van der Waals surface area contributed by atoms with E-state index in [1.54, 1.807) is 0 Å². The van der Waals surface area contributed by atoms with Gasteiger partial charge in [-0.15, -0.1) is 0 Å². The maximum Gasteiger partial charge on any atom is 0.0849 e. The average Bonchev–Trinajstić information content (AvgIpc) is 2.67. The lowest BCUT2D eigenvalue weighted by Gasteiger charge is -2.08. The highest BCUT2D eigenvalue weighted by Gasteiger charge is 2.08. The van der Waals surface area contributed by atoms with Crippen molar-refractivity contribution >= 4 is 46.0 Å². The molecular weight excluding hydrogens is 401 g/mol. The molecule has 3 aromatic rings. The highest BCUT2D eigenvalue weighted by molar-refractivity contribution is 6.33. The first-order chi connectivity index (χ1) is 13.7. The molecule has 2 aromatic carbocycles. The molecule has 0 aliphatic rings. The highest BCUT2D eigenvalue weighted by atomic mass is 35.5. The fraction of sp³-hybridized carbons (Fsp3) is 0.208. The number of pyridine rings is 1. The van der Waals surface area contributed by atoms with Crippen LogP contribution in [0.5, 0.6) is 0 Å². The van der Waals surface area contributed by atoms with Gasteiger partial charge in [0.1, 0.15) is 0 Å². The van der Waals surface area contributed by atoms with Crippen molar-refractivity contribution in [3.8, 4) is 0 Å². The van der Waals surface area contributed by atoms with E-state index in [1.807, 2.05) is 77.1 Å². The summed E-state index contributed by atoms with van der Waals surface area (Å²) in [6.45, 7) is 9.89. The van der Waals surface area contributed by atoms with Crippen LogP contribution in [0, 0.1) is 20.8 Å². The summed E-state index contributed by atoms with van der Waals surface area (Å²) in [4.78, 5) is 14.2. The van der Waals surface area contributed by atoms with Crippen LogP contribution in [0.4, 0.5) is 11.4 Å². The predicted octanol–water partition coefficient (Wildman–Crippen LogP) is 7.60. The molecule has 0 spiro atoms. The van der Waals surface area contributed by atoms with Gasteiger partial charge < -0.3 is 0 Å².